The Morgan fingerprint density at radius 1 is 1.31 bits per heavy atom. The Labute approximate surface area is 77.0 Å². The summed E-state index contributed by atoms with van der Waals surface area (Å²) in [5.41, 5.74) is 5.31. The predicted molar refractivity (Wildman–Crippen MR) is 42.5 cm³/mol. The Balaban J connectivity index is 2.86. The number of rotatable bonds is 1. The zero-order valence-corrected chi connectivity index (χ0v) is 6.99. The van der Waals surface area contributed by atoms with Crippen LogP contribution in [0.2, 0.25) is 5.02 Å². The molecule has 0 aromatic heterocycles. The van der Waals surface area contributed by atoms with Crippen LogP contribution in [0.1, 0.15) is 0 Å². The van der Waals surface area contributed by atoms with Gasteiger partial charge in [-0.2, -0.15) is 0 Å². The molecule has 0 atom stereocenters. The molecule has 0 spiro atoms. The Bertz CT molecular complexity index is 313. The van der Waals surface area contributed by atoms with E-state index in [1.165, 1.54) is 6.07 Å². The molecule has 0 bridgehead atoms. The minimum atomic E-state index is -4.71. The maximum absolute atomic E-state index is 11.7. The number of anilines is 1. The molecular weight excluding hydrogens is 207 g/mol. The van der Waals surface area contributed by atoms with Gasteiger partial charge in [0, 0.05) is 6.07 Å². The van der Waals surface area contributed by atoms with Crippen molar-refractivity contribution < 1.29 is 17.9 Å². The monoisotopic (exact) mass is 211 g/mol. The highest BCUT2D eigenvalue weighted by molar-refractivity contribution is 6.33. The van der Waals surface area contributed by atoms with Crippen molar-refractivity contribution in [3.05, 3.63) is 23.2 Å². The average molecular weight is 212 g/mol. The van der Waals surface area contributed by atoms with Crippen LogP contribution in [0.3, 0.4) is 0 Å². The van der Waals surface area contributed by atoms with Gasteiger partial charge in [0.25, 0.3) is 0 Å². The van der Waals surface area contributed by atoms with Gasteiger partial charge in [-0.25, -0.2) is 0 Å². The quantitative estimate of drug-likeness (QED) is 0.725. The Morgan fingerprint density at radius 2 is 1.92 bits per heavy atom. The molecule has 0 radical (unpaired) electrons. The molecule has 0 fully saturated rings. The molecule has 2 N–H and O–H groups in total. The smallest absolute Gasteiger partial charge is 0.406 e. The lowest BCUT2D eigenvalue weighted by Gasteiger charge is -2.09. The van der Waals surface area contributed by atoms with E-state index in [4.69, 9.17) is 17.3 Å². The summed E-state index contributed by atoms with van der Waals surface area (Å²) in [5.74, 6) is -0.380. The number of hydrogen-bond donors (Lipinski definition) is 1. The number of ether oxygens (including phenoxy) is 1. The van der Waals surface area contributed by atoms with Gasteiger partial charge in [-0.15, -0.1) is 13.2 Å². The molecule has 0 aliphatic heterocycles. The van der Waals surface area contributed by atoms with Crippen molar-refractivity contribution >= 4 is 17.3 Å². The number of nitrogen functional groups attached to an aromatic ring is 1. The zero-order chi connectivity index (χ0) is 10.1. The van der Waals surface area contributed by atoms with E-state index in [1.54, 1.807) is 0 Å². The van der Waals surface area contributed by atoms with E-state index in [9.17, 15) is 13.2 Å². The molecule has 72 valence electrons. The standard InChI is InChI=1S/C7H5ClF3NO/c8-5-2-1-4(3-6(5)12)13-7(9,10)11/h1-3H,12H2. The van der Waals surface area contributed by atoms with E-state index >= 15 is 0 Å². The lowest BCUT2D eigenvalue weighted by molar-refractivity contribution is -0.274. The molecule has 0 aliphatic carbocycles. The first-order valence-electron chi connectivity index (χ1n) is 3.19. The molecule has 0 heterocycles. The fraction of sp³-hybridized carbons (Fsp3) is 0.143. The first-order valence-corrected chi connectivity index (χ1v) is 3.57. The summed E-state index contributed by atoms with van der Waals surface area (Å²) in [6, 6.07) is 3.33. The second-order valence-corrected chi connectivity index (χ2v) is 2.64. The molecule has 13 heavy (non-hydrogen) atoms. The van der Waals surface area contributed by atoms with Crippen molar-refractivity contribution in [1.82, 2.24) is 0 Å². The van der Waals surface area contributed by atoms with Gasteiger partial charge in [0.15, 0.2) is 0 Å². The van der Waals surface area contributed by atoms with Gasteiger partial charge in [0.1, 0.15) is 5.75 Å². The SMILES string of the molecule is Nc1cc(OC(F)(F)F)ccc1Cl. The molecule has 0 saturated heterocycles. The van der Waals surface area contributed by atoms with Crippen molar-refractivity contribution in [2.24, 2.45) is 0 Å². The number of alkyl halides is 3. The van der Waals surface area contributed by atoms with Gasteiger partial charge in [0.2, 0.25) is 0 Å². The maximum Gasteiger partial charge on any atom is 0.573 e. The van der Waals surface area contributed by atoms with Crippen LogP contribution >= 0.6 is 11.6 Å². The summed E-state index contributed by atoms with van der Waals surface area (Å²) >= 11 is 5.49. The minimum Gasteiger partial charge on any atom is -0.406 e. The van der Waals surface area contributed by atoms with Crippen molar-refractivity contribution in [1.29, 1.82) is 0 Å². The number of nitrogens with two attached hydrogens (primary N) is 1. The van der Waals surface area contributed by atoms with Crippen LogP contribution in [-0.4, -0.2) is 6.36 Å². The Kier molecular flexibility index (Phi) is 2.56. The highest BCUT2D eigenvalue weighted by Crippen LogP contribution is 2.28. The molecule has 0 unspecified atom stereocenters. The molecule has 0 amide bonds. The molecule has 0 saturated carbocycles. The first kappa shape index (κ1) is 9.98. The molecular formula is C7H5ClF3NO. The van der Waals surface area contributed by atoms with E-state index in [2.05, 4.69) is 4.74 Å². The van der Waals surface area contributed by atoms with Crippen LogP contribution in [-0.2, 0) is 0 Å². The van der Waals surface area contributed by atoms with Gasteiger partial charge >= 0.3 is 6.36 Å². The van der Waals surface area contributed by atoms with E-state index in [0.29, 0.717) is 0 Å². The van der Waals surface area contributed by atoms with E-state index in [-0.39, 0.29) is 16.5 Å². The molecule has 1 aromatic carbocycles. The second kappa shape index (κ2) is 3.33. The van der Waals surface area contributed by atoms with Crippen molar-refractivity contribution in [2.75, 3.05) is 5.73 Å². The largest absolute Gasteiger partial charge is 0.573 e. The Hall–Kier alpha value is -1.10. The highest BCUT2D eigenvalue weighted by Gasteiger charge is 2.31. The number of benzene rings is 1. The summed E-state index contributed by atoms with van der Waals surface area (Å²) in [6.45, 7) is 0. The fourth-order valence-electron chi connectivity index (χ4n) is 0.719. The molecule has 2 nitrogen and oxygen atoms in total. The van der Waals surface area contributed by atoms with Crippen molar-refractivity contribution in [3.63, 3.8) is 0 Å². The van der Waals surface area contributed by atoms with Gasteiger partial charge in [0.05, 0.1) is 10.7 Å². The molecule has 6 heteroatoms. The summed E-state index contributed by atoms with van der Waals surface area (Å²) < 4.78 is 38.6. The third-order valence-electron chi connectivity index (χ3n) is 1.20. The number of hydrogen-bond acceptors (Lipinski definition) is 2. The van der Waals surface area contributed by atoms with E-state index < -0.39 is 6.36 Å². The highest BCUT2D eigenvalue weighted by atomic mass is 35.5. The van der Waals surface area contributed by atoms with Gasteiger partial charge in [-0.3, -0.25) is 0 Å². The summed E-state index contributed by atoms with van der Waals surface area (Å²) in [4.78, 5) is 0. The van der Waals surface area contributed by atoms with Crippen LogP contribution in [0.25, 0.3) is 0 Å². The fourth-order valence-corrected chi connectivity index (χ4v) is 0.837. The van der Waals surface area contributed by atoms with E-state index in [1.807, 2.05) is 0 Å². The molecule has 1 rings (SSSR count). The topological polar surface area (TPSA) is 35.2 Å². The molecule has 1 aromatic rings. The first-order chi connectivity index (χ1) is 5.88. The lowest BCUT2D eigenvalue weighted by Crippen LogP contribution is -2.17. The predicted octanol–water partition coefficient (Wildman–Crippen LogP) is 2.82. The van der Waals surface area contributed by atoms with E-state index in [0.717, 1.165) is 12.1 Å². The average Bonchev–Trinajstić information content (AvgIpc) is 1.94. The zero-order valence-electron chi connectivity index (χ0n) is 6.23. The normalized spacial score (nSPS) is 11.4. The summed E-state index contributed by atoms with van der Waals surface area (Å²) in [7, 11) is 0. The van der Waals surface area contributed by atoms with Gasteiger partial charge < -0.3 is 10.5 Å². The number of halogens is 4. The Morgan fingerprint density at radius 3 is 2.38 bits per heavy atom. The third kappa shape index (κ3) is 3.02. The van der Waals surface area contributed by atoms with Gasteiger partial charge in [-0.1, -0.05) is 11.6 Å². The van der Waals surface area contributed by atoms with Crippen LogP contribution in [0.5, 0.6) is 5.75 Å². The van der Waals surface area contributed by atoms with Crippen LogP contribution in [0, 0.1) is 0 Å². The van der Waals surface area contributed by atoms with Gasteiger partial charge in [-0.05, 0) is 12.1 Å². The maximum atomic E-state index is 11.7. The van der Waals surface area contributed by atoms with Crippen LogP contribution in [0.15, 0.2) is 18.2 Å². The lowest BCUT2D eigenvalue weighted by atomic mass is 10.3. The third-order valence-corrected chi connectivity index (χ3v) is 1.55. The van der Waals surface area contributed by atoms with Crippen molar-refractivity contribution in [2.45, 2.75) is 6.36 Å². The molecule has 0 aliphatic rings. The summed E-state index contributed by atoms with van der Waals surface area (Å²) in [6.07, 6.45) is -4.71. The minimum absolute atomic E-state index is 0.0448. The second-order valence-electron chi connectivity index (χ2n) is 2.23. The van der Waals surface area contributed by atoms with Crippen LogP contribution in [0.4, 0.5) is 18.9 Å². The van der Waals surface area contributed by atoms with Crippen molar-refractivity contribution in [3.8, 4) is 5.75 Å². The van der Waals surface area contributed by atoms with Crippen LogP contribution < -0.4 is 10.5 Å². The summed E-state index contributed by atoms with van der Waals surface area (Å²) in [5, 5.41) is 0.189.